The molecule has 1 fully saturated rings. The average molecular weight is 313 g/mol. The van der Waals surface area contributed by atoms with Crippen LogP contribution in [0.4, 0.5) is 4.79 Å². The van der Waals surface area contributed by atoms with Crippen LogP contribution < -0.4 is 0 Å². The Morgan fingerprint density at radius 3 is 2.45 bits per heavy atom. The van der Waals surface area contributed by atoms with Gasteiger partial charge in [0, 0.05) is 6.08 Å². The van der Waals surface area contributed by atoms with Gasteiger partial charge in [0.05, 0.1) is 19.3 Å². The van der Waals surface area contributed by atoms with E-state index >= 15 is 0 Å². The van der Waals surface area contributed by atoms with Crippen molar-refractivity contribution in [1.29, 1.82) is 0 Å². The summed E-state index contributed by atoms with van der Waals surface area (Å²) in [7, 11) is 0. The van der Waals surface area contributed by atoms with Gasteiger partial charge >= 0.3 is 12.1 Å². The Morgan fingerprint density at radius 1 is 1.36 bits per heavy atom. The zero-order valence-electron chi connectivity index (χ0n) is 14.6. The van der Waals surface area contributed by atoms with E-state index in [0.29, 0.717) is 18.8 Å². The normalized spacial score (nSPS) is 21.7. The molecular formula is C16H27NO5. The molecule has 0 N–H and O–H groups in total. The van der Waals surface area contributed by atoms with Crippen LogP contribution in [0.1, 0.15) is 48.5 Å². The van der Waals surface area contributed by atoms with Crippen molar-refractivity contribution in [2.24, 2.45) is 0 Å². The van der Waals surface area contributed by atoms with Gasteiger partial charge in [0.15, 0.2) is 0 Å². The summed E-state index contributed by atoms with van der Waals surface area (Å²) in [5.41, 5.74) is -0.689. The minimum absolute atomic E-state index is 0.311. The highest BCUT2D eigenvalue weighted by molar-refractivity contribution is 5.83. The Balaban J connectivity index is 2.98. The molecule has 1 atom stereocenters. The van der Waals surface area contributed by atoms with E-state index in [0.717, 1.165) is 0 Å². The zero-order chi connectivity index (χ0) is 17.1. The first-order chi connectivity index (χ1) is 9.98. The summed E-state index contributed by atoms with van der Waals surface area (Å²) in [6, 6.07) is -0.353. The molecule has 0 aromatic carbocycles. The molecule has 0 aromatic rings. The van der Waals surface area contributed by atoms with Gasteiger partial charge in [-0.3, -0.25) is 4.90 Å². The molecule has 6 nitrogen and oxygen atoms in total. The van der Waals surface area contributed by atoms with Crippen molar-refractivity contribution in [3.8, 4) is 0 Å². The minimum atomic E-state index is -0.795. The van der Waals surface area contributed by atoms with E-state index in [2.05, 4.69) is 0 Å². The zero-order valence-corrected chi connectivity index (χ0v) is 14.6. The lowest BCUT2D eigenvalue weighted by Gasteiger charge is -2.35. The fraction of sp³-hybridized carbons (Fsp3) is 0.750. The van der Waals surface area contributed by atoms with Gasteiger partial charge in [0.25, 0.3) is 0 Å². The van der Waals surface area contributed by atoms with Crippen LogP contribution in [0.2, 0.25) is 0 Å². The van der Waals surface area contributed by atoms with Crippen LogP contribution in [0.3, 0.4) is 0 Å². The van der Waals surface area contributed by atoms with Crippen LogP contribution in [0.25, 0.3) is 0 Å². The summed E-state index contributed by atoms with van der Waals surface area (Å²) < 4.78 is 16.1. The molecule has 0 unspecified atom stereocenters. The van der Waals surface area contributed by atoms with Crippen molar-refractivity contribution in [2.75, 3.05) is 13.2 Å². The minimum Gasteiger partial charge on any atom is -0.463 e. The number of esters is 1. The van der Waals surface area contributed by atoms with Crippen LogP contribution in [-0.4, -0.2) is 47.5 Å². The van der Waals surface area contributed by atoms with E-state index in [-0.39, 0.29) is 6.04 Å². The van der Waals surface area contributed by atoms with Crippen molar-refractivity contribution in [3.05, 3.63) is 11.6 Å². The number of rotatable bonds is 3. The average Bonchev–Trinajstić information content (AvgIpc) is 2.62. The van der Waals surface area contributed by atoms with E-state index in [1.165, 1.54) is 11.0 Å². The van der Waals surface area contributed by atoms with Gasteiger partial charge in [-0.1, -0.05) is 0 Å². The third-order valence-electron chi connectivity index (χ3n) is 3.23. The van der Waals surface area contributed by atoms with Crippen molar-refractivity contribution >= 4 is 12.1 Å². The molecule has 1 rings (SSSR count). The van der Waals surface area contributed by atoms with Gasteiger partial charge in [-0.25, -0.2) is 9.59 Å². The molecule has 0 radical (unpaired) electrons. The van der Waals surface area contributed by atoms with Gasteiger partial charge in [0.1, 0.15) is 11.3 Å². The molecule has 1 saturated heterocycles. The first-order valence-corrected chi connectivity index (χ1v) is 7.49. The maximum absolute atomic E-state index is 12.5. The third kappa shape index (κ3) is 4.73. The summed E-state index contributed by atoms with van der Waals surface area (Å²) in [5.74, 6) is -0.422. The Hall–Kier alpha value is -1.56. The molecule has 0 aliphatic carbocycles. The standard InChI is InChI=1S/C16H27NO5/c1-8-20-13(18)9-11(2)12-10-21-16(6,7)17(12)14(19)22-15(3,4)5/h9,12H,8,10H2,1-7H3/b11-9+/t12-/m1/s1. The highest BCUT2D eigenvalue weighted by atomic mass is 16.6. The number of carbonyl (C=O) groups excluding carboxylic acids is 2. The van der Waals surface area contributed by atoms with Crippen molar-refractivity contribution in [1.82, 2.24) is 4.90 Å². The molecule has 1 aliphatic rings. The van der Waals surface area contributed by atoms with Crippen LogP contribution in [0.5, 0.6) is 0 Å². The number of ether oxygens (including phenoxy) is 3. The predicted octanol–water partition coefficient (Wildman–Crippen LogP) is 2.87. The molecule has 1 aliphatic heterocycles. The smallest absolute Gasteiger partial charge is 0.413 e. The maximum Gasteiger partial charge on any atom is 0.413 e. The van der Waals surface area contributed by atoms with Crippen molar-refractivity contribution in [2.45, 2.75) is 65.8 Å². The predicted molar refractivity (Wildman–Crippen MR) is 82.3 cm³/mol. The van der Waals surface area contributed by atoms with Crippen LogP contribution in [0, 0.1) is 0 Å². The van der Waals surface area contributed by atoms with Crippen molar-refractivity contribution in [3.63, 3.8) is 0 Å². The second-order valence-corrected chi connectivity index (χ2v) is 6.76. The second-order valence-electron chi connectivity index (χ2n) is 6.76. The molecule has 126 valence electrons. The lowest BCUT2D eigenvalue weighted by atomic mass is 10.1. The monoisotopic (exact) mass is 313 g/mol. The number of hydrogen-bond acceptors (Lipinski definition) is 5. The molecular weight excluding hydrogens is 286 g/mol. The molecule has 1 heterocycles. The lowest BCUT2D eigenvalue weighted by Crippen LogP contribution is -2.50. The number of hydrogen-bond donors (Lipinski definition) is 0. The first-order valence-electron chi connectivity index (χ1n) is 7.49. The SMILES string of the molecule is CCOC(=O)/C=C(\C)[C@H]1COC(C)(C)N1C(=O)OC(C)(C)C. The molecule has 0 spiro atoms. The summed E-state index contributed by atoms with van der Waals surface area (Å²) in [6.07, 6.45) is 0.938. The van der Waals surface area contributed by atoms with Crippen LogP contribution in [-0.2, 0) is 19.0 Å². The Bertz CT molecular complexity index is 462. The molecule has 0 aromatic heterocycles. The van der Waals surface area contributed by atoms with Gasteiger partial charge < -0.3 is 14.2 Å². The molecule has 22 heavy (non-hydrogen) atoms. The van der Waals surface area contributed by atoms with E-state index in [9.17, 15) is 9.59 Å². The fourth-order valence-electron chi connectivity index (χ4n) is 2.26. The van der Waals surface area contributed by atoms with Crippen LogP contribution >= 0.6 is 0 Å². The highest BCUT2D eigenvalue weighted by Crippen LogP contribution is 2.32. The lowest BCUT2D eigenvalue weighted by molar-refractivity contribution is -0.137. The third-order valence-corrected chi connectivity index (χ3v) is 3.23. The second kappa shape index (κ2) is 6.69. The van der Waals surface area contributed by atoms with Gasteiger partial charge in [-0.15, -0.1) is 0 Å². The van der Waals surface area contributed by atoms with Crippen molar-refractivity contribution < 1.29 is 23.8 Å². The summed E-state index contributed by atoms with van der Waals surface area (Å²) >= 11 is 0. The Labute approximate surface area is 132 Å². The molecule has 1 amide bonds. The number of carbonyl (C=O) groups is 2. The summed E-state index contributed by atoms with van der Waals surface area (Å²) in [6.45, 7) is 13.2. The largest absolute Gasteiger partial charge is 0.463 e. The Kier molecular flexibility index (Phi) is 5.62. The maximum atomic E-state index is 12.5. The van der Waals surface area contributed by atoms with Gasteiger partial charge in [-0.2, -0.15) is 0 Å². The van der Waals surface area contributed by atoms with E-state index < -0.39 is 23.4 Å². The van der Waals surface area contributed by atoms with Gasteiger partial charge in [0.2, 0.25) is 0 Å². The van der Waals surface area contributed by atoms with E-state index in [1.807, 2.05) is 20.8 Å². The van der Waals surface area contributed by atoms with Gasteiger partial charge in [-0.05, 0) is 54.0 Å². The van der Waals surface area contributed by atoms with E-state index in [1.54, 1.807) is 27.7 Å². The Morgan fingerprint density at radius 2 is 1.95 bits per heavy atom. The quantitative estimate of drug-likeness (QED) is 0.592. The molecule has 0 saturated carbocycles. The summed E-state index contributed by atoms with van der Waals surface area (Å²) in [5, 5.41) is 0. The number of nitrogens with zero attached hydrogens (tertiary/aromatic N) is 1. The fourth-order valence-corrected chi connectivity index (χ4v) is 2.26. The summed E-state index contributed by atoms with van der Waals surface area (Å²) in [4.78, 5) is 25.6. The highest BCUT2D eigenvalue weighted by Gasteiger charge is 2.46. The first kappa shape index (κ1) is 18.5. The topological polar surface area (TPSA) is 65.1 Å². The van der Waals surface area contributed by atoms with Crippen LogP contribution in [0.15, 0.2) is 11.6 Å². The number of amides is 1. The molecule has 6 heteroatoms. The van der Waals surface area contributed by atoms with E-state index in [4.69, 9.17) is 14.2 Å². The molecule has 0 bridgehead atoms.